The summed E-state index contributed by atoms with van der Waals surface area (Å²) >= 11 is 5.89. The fraction of sp³-hybridized carbons (Fsp3) is 0.750. The highest BCUT2D eigenvalue weighted by atomic mass is 35.5. The molecule has 1 fully saturated rings. The fourth-order valence-electron chi connectivity index (χ4n) is 1.93. The summed E-state index contributed by atoms with van der Waals surface area (Å²) in [5, 5.41) is 0.148. The average molecular weight is 287 g/mol. The van der Waals surface area contributed by atoms with Gasteiger partial charge in [0.2, 0.25) is 11.2 Å². The Kier molecular flexibility index (Phi) is 5.15. The molecule has 0 amide bonds. The second-order valence-electron chi connectivity index (χ2n) is 4.55. The van der Waals surface area contributed by atoms with E-state index < -0.39 is 0 Å². The third-order valence-corrected chi connectivity index (χ3v) is 3.02. The molecule has 0 aromatic carbocycles. The van der Waals surface area contributed by atoms with Crippen molar-refractivity contribution >= 4 is 17.5 Å². The second kappa shape index (κ2) is 6.86. The van der Waals surface area contributed by atoms with Gasteiger partial charge in [-0.05, 0) is 30.9 Å². The van der Waals surface area contributed by atoms with E-state index in [-0.39, 0.29) is 17.4 Å². The first-order chi connectivity index (χ1) is 9.19. The Labute approximate surface area is 118 Å². The second-order valence-corrected chi connectivity index (χ2v) is 4.89. The number of aromatic nitrogens is 3. The monoisotopic (exact) mass is 286 g/mol. The van der Waals surface area contributed by atoms with Crippen LogP contribution in [0.2, 0.25) is 5.28 Å². The van der Waals surface area contributed by atoms with Crippen molar-refractivity contribution in [3.8, 4) is 6.01 Å². The van der Waals surface area contributed by atoms with Crippen molar-refractivity contribution in [2.24, 2.45) is 0 Å². The molecular weight excluding hydrogens is 268 g/mol. The largest absolute Gasteiger partial charge is 0.463 e. The van der Waals surface area contributed by atoms with E-state index in [1.54, 1.807) is 0 Å². The lowest BCUT2D eigenvalue weighted by Gasteiger charge is -2.20. The topological polar surface area (TPSA) is 60.4 Å². The quantitative estimate of drug-likeness (QED) is 0.796. The van der Waals surface area contributed by atoms with Crippen LogP contribution in [-0.4, -0.2) is 47.9 Å². The maximum Gasteiger partial charge on any atom is 0.322 e. The Hall–Kier alpha value is -1.14. The van der Waals surface area contributed by atoms with Crippen LogP contribution in [-0.2, 0) is 4.74 Å². The lowest BCUT2D eigenvalue weighted by Crippen LogP contribution is -2.30. The van der Waals surface area contributed by atoms with Crippen LogP contribution in [0, 0.1) is 0 Å². The number of nitrogens with zero attached hydrogens (tertiary/aromatic N) is 4. The summed E-state index contributed by atoms with van der Waals surface area (Å²) in [5.41, 5.74) is 0. The molecule has 6 nitrogen and oxygen atoms in total. The Balaban J connectivity index is 2.02. The molecule has 1 atom stereocenters. The fourth-order valence-corrected chi connectivity index (χ4v) is 2.07. The predicted octanol–water partition coefficient (Wildman–Crippen LogP) is 1.93. The van der Waals surface area contributed by atoms with Gasteiger partial charge in [-0.3, -0.25) is 0 Å². The van der Waals surface area contributed by atoms with Gasteiger partial charge in [-0.25, -0.2) is 0 Å². The summed E-state index contributed by atoms with van der Waals surface area (Å²) < 4.78 is 11.0. The number of ether oxygens (including phenoxy) is 2. The van der Waals surface area contributed by atoms with Gasteiger partial charge in [0.05, 0.1) is 12.7 Å². The summed E-state index contributed by atoms with van der Waals surface area (Å²) in [6, 6.07) is 0.274. The number of hydrogen-bond acceptors (Lipinski definition) is 6. The van der Waals surface area contributed by atoms with E-state index in [0.717, 1.165) is 32.4 Å². The van der Waals surface area contributed by atoms with E-state index in [4.69, 9.17) is 21.1 Å². The zero-order chi connectivity index (χ0) is 13.7. The minimum Gasteiger partial charge on any atom is -0.463 e. The van der Waals surface area contributed by atoms with Crippen molar-refractivity contribution in [3.05, 3.63) is 5.28 Å². The van der Waals surface area contributed by atoms with E-state index in [0.29, 0.717) is 12.6 Å². The maximum absolute atomic E-state index is 5.89. The lowest BCUT2D eigenvalue weighted by molar-refractivity contribution is 0.116. The molecule has 1 unspecified atom stereocenters. The van der Waals surface area contributed by atoms with Crippen LogP contribution in [0.15, 0.2) is 0 Å². The average Bonchev–Trinajstić information content (AvgIpc) is 2.88. The summed E-state index contributed by atoms with van der Waals surface area (Å²) in [7, 11) is 1.91. The smallest absolute Gasteiger partial charge is 0.322 e. The van der Waals surface area contributed by atoms with Gasteiger partial charge in [-0.1, -0.05) is 6.92 Å². The number of halogens is 1. The molecular formula is C12H19ClN4O2. The molecule has 1 saturated heterocycles. The first-order valence-corrected chi connectivity index (χ1v) is 6.94. The highest BCUT2D eigenvalue weighted by Gasteiger charge is 2.19. The van der Waals surface area contributed by atoms with Crippen LogP contribution >= 0.6 is 11.6 Å². The van der Waals surface area contributed by atoms with E-state index >= 15 is 0 Å². The van der Waals surface area contributed by atoms with Gasteiger partial charge >= 0.3 is 6.01 Å². The highest BCUT2D eigenvalue weighted by Crippen LogP contribution is 2.18. The van der Waals surface area contributed by atoms with Crippen LogP contribution in [0.4, 0.5) is 5.95 Å². The Morgan fingerprint density at radius 2 is 2.26 bits per heavy atom. The molecule has 0 N–H and O–H groups in total. The summed E-state index contributed by atoms with van der Waals surface area (Å²) in [4.78, 5) is 14.2. The van der Waals surface area contributed by atoms with Crippen LogP contribution < -0.4 is 9.64 Å². The minimum absolute atomic E-state index is 0.148. The SMILES string of the molecule is CCCOc1nc(Cl)nc(N(C)CC2CCCO2)n1. The van der Waals surface area contributed by atoms with Crippen molar-refractivity contribution in [1.82, 2.24) is 15.0 Å². The van der Waals surface area contributed by atoms with Crippen molar-refractivity contribution in [3.63, 3.8) is 0 Å². The summed E-state index contributed by atoms with van der Waals surface area (Å²) in [6.07, 6.45) is 3.31. The molecule has 1 aromatic rings. The van der Waals surface area contributed by atoms with Gasteiger partial charge in [-0.2, -0.15) is 15.0 Å². The molecule has 1 aromatic heterocycles. The van der Waals surface area contributed by atoms with E-state index in [9.17, 15) is 0 Å². The molecule has 2 heterocycles. The Bertz CT molecular complexity index is 413. The van der Waals surface area contributed by atoms with Crippen molar-refractivity contribution in [2.75, 3.05) is 31.7 Å². The molecule has 7 heteroatoms. The predicted molar refractivity (Wildman–Crippen MR) is 72.9 cm³/mol. The van der Waals surface area contributed by atoms with Gasteiger partial charge < -0.3 is 14.4 Å². The number of likely N-dealkylation sites (N-methyl/N-ethyl adjacent to an activating group) is 1. The zero-order valence-electron chi connectivity index (χ0n) is 11.3. The highest BCUT2D eigenvalue weighted by molar-refractivity contribution is 6.28. The normalized spacial score (nSPS) is 18.6. The van der Waals surface area contributed by atoms with Gasteiger partial charge in [0.25, 0.3) is 0 Å². The first-order valence-electron chi connectivity index (χ1n) is 6.56. The minimum atomic E-state index is 0.148. The van der Waals surface area contributed by atoms with Crippen LogP contribution in [0.1, 0.15) is 26.2 Å². The van der Waals surface area contributed by atoms with E-state index in [1.807, 2.05) is 18.9 Å². The van der Waals surface area contributed by atoms with Crippen molar-refractivity contribution in [2.45, 2.75) is 32.3 Å². The van der Waals surface area contributed by atoms with Gasteiger partial charge in [-0.15, -0.1) is 0 Å². The van der Waals surface area contributed by atoms with Gasteiger partial charge in [0.1, 0.15) is 0 Å². The summed E-state index contributed by atoms with van der Waals surface area (Å²) in [5.74, 6) is 0.515. The Morgan fingerprint density at radius 3 is 2.95 bits per heavy atom. The molecule has 0 bridgehead atoms. The van der Waals surface area contributed by atoms with Gasteiger partial charge in [0, 0.05) is 20.2 Å². The van der Waals surface area contributed by atoms with Crippen LogP contribution in [0.5, 0.6) is 6.01 Å². The van der Waals surface area contributed by atoms with Crippen molar-refractivity contribution in [1.29, 1.82) is 0 Å². The zero-order valence-corrected chi connectivity index (χ0v) is 12.1. The van der Waals surface area contributed by atoms with Crippen LogP contribution in [0.25, 0.3) is 0 Å². The molecule has 0 radical (unpaired) electrons. The molecule has 1 aliphatic rings. The van der Waals surface area contributed by atoms with E-state index in [2.05, 4.69) is 15.0 Å². The Morgan fingerprint density at radius 1 is 1.42 bits per heavy atom. The number of rotatable bonds is 6. The molecule has 1 aliphatic heterocycles. The molecule has 19 heavy (non-hydrogen) atoms. The van der Waals surface area contributed by atoms with Gasteiger partial charge in [0.15, 0.2) is 0 Å². The molecule has 106 valence electrons. The molecule has 0 spiro atoms. The van der Waals surface area contributed by atoms with Crippen molar-refractivity contribution < 1.29 is 9.47 Å². The summed E-state index contributed by atoms with van der Waals surface area (Å²) in [6.45, 7) is 4.16. The molecule has 0 saturated carbocycles. The molecule has 2 rings (SSSR count). The standard InChI is InChI=1S/C12H19ClN4O2/c1-3-6-19-12-15-10(13)14-11(16-12)17(2)8-9-5-4-7-18-9/h9H,3-8H2,1-2H3. The maximum atomic E-state index is 5.89. The third kappa shape index (κ3) is 4.18. The number of anilines is 1. The first kappa shape index (κ1) is 14.3. The third-order valence-electron chi connectivity index (χ3n) is 2.85. The number of hydrogen-bond donors (Lipinski definition) is 0. The van der Waals surface area contributed by atoms with E-state index in [1.165, 1.54) is 0 Å². The van der Waals surface area contributed by atoms with Crippen LogP contribution in [0.3, 0.4) is 0 Å². The lowest BCUT2D eigenvalue weighted by atomic mass is 10.2. The molecule has 0 aliphatic carbocycles.